The molecule has 1 aromatic rings. The van der Waals surface area contributed by atoms with Crippen molar-refractivity contribution in [1.82, 2.24) is 0 Å². The Bertz CT molecular complexity index is 323. The molecule has 0 aliphatic heterocycles. The van der Waals surface area contributed by atoms with Gasteiger partial charge in [-0.1, -0.05) is 30.7 Å². The van der Waals surface area contributed by atoms with Crippen LogP contribution in [-0.4, -0.2) is 5.38 Å². The lowest BCUT2D eigenvalue weighted by Crippen LogP contribution is -2.06. The van der Waals surface area contributed by atoms with Crippen molar-refractivity contribution in [1.29, 1.82) is 0 Å². The van der Waals surface area contributed by atoms with Crippen molar-refractivity contribution in [2.75, 3.05) is 0 Å². The van der Waals surface area contributed by atoms with E-state index in [1.807, 2.05) is 13.0 Å². The van der Waals surface area contributed by atoms with Crippen LogP contribution in [0, 0.1) is 11.7 Å². The first-order valence-corrected chi connectivity index (χ1v) is 5.89. The van der Waals surface area contributed by atoms with Gasteiger partial charge in [-0.3, -0.25) is 0 Å². The summed E-state index contributed by atoms with van der Waals surface area (Å²) in [5.41, 5.74) is 0.862. The van der Waals surface area contributed by atoms with Crippen molar-refractivity contribution in [3.63, 3.8) is 0 Å². The van der Waals surface area contributed by atoms with Gasteiger partial charge in [0.15, 0.2) is 0 Å². The molecule has 0 radical (unpaired) electrons. The quantitative estimate of drug-likeness (QED) is 0.680. The fourth-order valence-electron chi connectivity index (χ4n) is 1.72. The highest BCUT2D eigenvalue weighted by Crippen LogP contribution is 2.24. The van der Waals surface area contributed by atoms with Crippen LogP contribution in [0.25, 0.3) is 0 Å². The SMILES string of the molecule is CC(Cl)CC(C)Cc1cccc(F)c1Cl. The van der Waals surface area contributed by atoms with Gasteiger partial charge < -0.3 is 0 Å². The predicted octanol–water partition coefficient (Wildman–Crippen LogP) is 4.68. The van der Waals surface area contributed by atoms with Crippen molar-refractivity contribution >= 4 is 23.2 Å². The Hall–Kier alpha value is -0.270. The summed E-state index contributed by atoms with van der Waals surface area (Å²) in [5, 5.41) is 0.388. The molecule has 0 bridgehead atoms. The molecular formula is C12H15Cl2F. The van der Waals surface area contributed by atoms with Gasteiger partial charge in [-0.25, -0.2) is 4.39 Å². The van der Waals surface area contributed by atoms with Crippen LogP contribution in [0.2, 0.25) is 5.02 Å². The zero-order valence-electron chi connectivity index (χ0n) is 8.93. The third-order valence-corrected chi connectivity index (χ3v) is 2.93. The molecule has 0 nitrogen and oxygen atoms in total. The lowest BCUT2D eigenvalue weighted by Gasteiger charge is -2.13. The topological polar surface area (TPSA) is 0 Å². The number of hydrogen-bond acceptors (Lipinski definition) is 0. The largest absolute Gasteiger partial charge is 0.205 e. The first-order valence-electron chi connectivity index (χ1n) is 5.07. The molecule has 15 heavy (non-hydrogen) atoms. The van der Waals surface area contributed by atoms with Crippen LogP contribution in [0.1, 0.15) is 25.8 Å². The van der Waals surface area contributed by atoms with Crippen molar-refractivity contribution in [3.8, 4) is 0 Å². The molecule has 0 N–H and O–H groups in total. The van der Waals surface area contributed by atoms with Crippen LogP contribution in [0.3, 0.4) is 0 Å². The second-order valence-electron chi connectivity index (χ2n) is 4.04. The van der Waals surface area contributed by atoms with Crippen LogP contribution in [-0.2, 0) is 6.42 Å². The minimum atomic E-state index is -0.347. The van der Waals surface area contributed by atoms with Gasteiger partial charge in [-0.05, 0) is 37.3 Å². The van der Waals surface area contributed by atoms with Gasteiger partial charge in [0, 0.05) is 5.38 Å². The second-order valence-corrected chi connectivity index (χ2v) is 5.16. The van der Waals surface area contributed by atoms with E-state index in [0.717, 1.165) is 18.4 Å². The summed E-state index contributed by atoms with van der Waals surface area (Å²) >= 11 is 11.8. The van der Waals surface area contributed by atoms with E-state index in [2.05, 4.69) is 6.92 Å². The summed E-state index contributed by atoms with van der Waals surface area (Å²) in [6, 6.07) is 4.93. The summed E-state index contributed by atoms with van der Waals surface area (Å²) in [5.74, 6) is 0.0667. The normalized spacial score (nSPS) is 15.0. The van der Waals surface area contributed by atoms with E-state index in [1.165, 1.54) is 6.07 Å². The Morgan fingerprint density at radius 2 is 2.00 bits per heavy atom. The lowest BCUT2D eigenvalue weighted by molar-refractivity contribution is 0.524. The number of benzene rings is 1. The van der Waals surface area contributed by atoms with Crippen LogP contribution < -0.4 is 0 Å². The van der Waals surface area contributed by atoms with E-state index in [9.17, 15) is 4.39 Å². The van der Waals surface area contributed by atoms with Gasteiger partial charge in [0.25, 0.3) is 0 Å². The molecule has 2 unspecified atom stereocenters. The molecule has 0 aromatic heterocycles. The summed E-state index contributed by atoms with van der Waals surface area (Å²) in [7, 11) is 0. The monoisotopic (exact) mass is 248 g/mol. The van der Waals surface area contributed by atoms with Crippen molar-refractivity contribution in [2.45, 2.75) is 32.1 Å². The molecule has 0 aliphatic carbocycles. The molecule has 0 spiro atoms. The predicted molar refractivity (Wildman–Crippen MR) is 64.2 cm³/mol. The highest BCUT2D eigenvalue weighted by molar-refractivity contribution is 6.31. The molecule has 0 aliphatic rings. The molecular weight excluding hydrogens is 234 g/mol. The van der Waals surface area contributed by atoms with Crippen LogP contribution in [0.4, 0.5) is 4.39 Å². The smallest absolute Gasteiger partial charge is 0.142 e. The van der Waals surface area contributed by atoms with Crippen molar-refractivity contribution < 1.29 is 4.39 Å². The molecule has 0 heterocycles. The van der Waals surface area contributed by atoms with E-state index >= 15 is 0 Å². The fraction of sp³-hybridized carbons (Fsp3) is 0.500. The first kappa shape index (κ1) is 12.8. The molecule has 3 heteroatoms. The van der Waals surface area contributed by atoms with Gasteiger partial charge in [-0.2, -0.15) is 0 Å². The van der Waals surface area contributed by atoms with Crippen LogP contribution in [0.5, 0.6) is 0 Å². The number of hydrogen-bond donors (Lipinski definition) is 0. The summed E-state index contributed by atoms with van der Waals surface area (Å²) in [6.07, 6.45) is 1.68. The van der Waals surface area contributed by atoms with E-state index in [1.54, 1.807) is 6.07 Å². The van der Waals surface area contributed by atoms with E-state index in [0.29, 0.717) is 5.92 Å². The molecule has 0 fully saturated rings. The van der Waals surface area contributed by atoms with E-state index < -0.39 is 0 Å². The Morgan fingerprint density at radius 3 is 2.60 bits per heavy atom. The Kier molecular flexibility index (Phi) is 4.88. The molecule has 2 atom stereocenters. The Balaban J connectivity index is 2.68. The molecule has 0 amide bonds. The van der Waals surface area contributed by atoms with Gasteiger partial charge >= 0.3 is 0 Å². The second kappa shape index (κ2) is 5.72. The number of alkyl halides is 1. The average molecular weight is 249 g/mol. The van der Waals surface area contributed by atoms with Crippen LogP contribution >= 0.6 is 23.2 Å². The first-order chi connectivity index (χ1) is 7.00. The number of rotatable bonds is 4. The Labute approximate surface area is 100 Å². The minimum Gasteiger partial charge on any atom is -0.205 e. The maximum Gasteiger partial charge on any atom is 0.142 e. The zero-order valence-corrected chi connectivity index (χ0v) is 10.4. The summed E-state index contributed by atoms with van der Waals surface area (Å²) in [6.45, 7) is 4.06. The minimum absolute atomic E-state index is 0.146. The zero-order chi connectivity index (χ0) is 11.4. The molecule has 1 aromatic carbocycles. The van der Waals surface area contributed by atoms with Crippen molar-refractivity contribution in [2.24, 2.45) is 5.92 Å². The van der Waals surface area contributed by atoms with E-state index in [4.69, 9.17) is 23.2 Å². The number of halogens is 3. The molecule has 84 valence electrons. The third kappa shape index (κ3) is 4.00. The van der Waals surface area contributed by atoms with Gasteiger partial charge in [-0.15, -0.1) is 11.6 Å². The molecule has 1 rings (SSSR count). The summed E-state index contributed by atoms with van der Waals surface area (Å²) in [4.78, 5) is 0. The van der Waals surface area contributed by atoms with Gasteiger partial charge in [0.2, 0.25) is 0 Å². The third-order valence-electron chi connectivity index (χ3n) is 2.33. The van der Waals surface area contributed by atoms with E-state index in [-0.39, 0.29) is 16.2 Å². The maximum atomic E-state index is 13.1. The lowest BCUT2D eigenvalue weighted by atomic mass is 9.97. The fourth-order valence-corrected chi connectivity index (χ4v) is 2.23. The molecule has 0 saturated heterocycles. The summed E-state index contributed by atoms with van der Waals surface area (Å²) < 4.78 is 13.1. The van der Waals surface area contributed by atoms with Gasteiger partial charge in [0.05, 0.1) is 5.02 Å². The Morgan fingerprint density at radius 1 is 1.33 bits per heavy atom. The highest BCUT2D eigenvalue weighted by Gasteiger charge is 2.11. The molecule has 0 saturated carbocycles. The van der Waals surface area contributed by atoms with Crippen LogP contribution in [0.15, 0.2) is 18.2 Å². The standard InChI is InChI=1S/C12H15Cl2F/c1-8(6-9(2)13)7-10-4-3-5-11(15)12(10)14/h3-5,8-9H,6-7H2,1-2H3. The average Bonchev–Trinajstić information content (AvgIpc) is 2.11. The highest BCUT2D eigenvalue weighted by atomic mass is 35.5. The van der Waals surface area contributed by atoms with Gasteiger partial charge in [0.1, 0.15) is 5.82 Å². The van der Waals surface area contributed by atoms with Crippen molar-refractivity contribution in [3.05, 3.63) is 34.6 Å². The maximum absolute atomic E-state index is 13.1.